The van der Waals surface area contributed by atoms with Gasteiger partial charge in [0.2, 0.25) is 0 Å². The summed E-state index contributed by atoms with van der Waals surface area (Å²) < 4.78 is 2.18. The number of benzene rings is 2. The maximum Gasteiger partial charge on any atom is 0.189 e. The fourth-order valence-corrected chi connectivity index (χ4v) is 4.51. The third-order valence-electron chi connectivity index (χ3n) is 5.56. The average Bonchev–Trinajstić information content (AvgIpc) is 2.64. The monoisotopic (exact) mass is 355 g/mol. The summed E-state index contributed by atoms with van der Waals surface area (Å²) in [6.07, 6.45) is 6.47. The second kappa shape index (κ2) is 7.03. The molecule has 1 heterocycles. The molecule has 0 bridgehead atoms. The first kappa shape index (κ1) is 17.5. The maximum absolute atomic E-state index is 12.9. The lowest BCUT2D eigenvalue weighted by Crippen LogP contribution is -2.17. The molecule has 0 spiro atoms. The molecule has 2 heteroatoms. The van der Waals surface area contributed by atoms with Crippen LogP contribution >= 0.6 is 0 Å². The van der Waals surface area contributed by atoms with Crippen LogP contribution in [-0.2, 0) is 6.54 Å². The lowest BCUT2D eigenvalue weighted by Gasteiger charge is -2.28. The number of rotatable bonds is 3. The molecule has 0 saturated heterocycles. The first-order chi connectivity index (χ1) is 13.0. The smallest absolute Gasteiger partial charge is 0.189 e. The van der Waals surface area contributed by atoms with E-state index in [4.69, 9.17) is 0 Å². The molecule has 2 atom stereocenters. The third-order valence-corrected chi connectivity index (χ3v) is 5.56. The van der Waals surface area contributed by atoms with E-state index in [9.17, 15) is 4.79 Å². The Bertz CT molecular complexity index is 1100. The van der Waals surface area contributed by atoms with Crippen LogP contribution in [-0.4, -0.2) is 4.57 Å². The third kappa shape index (κ3) is 3.28. The molecule has 2 aromatic carbocycles. The number of fused-ring (bicyclic) bond motifs is 1. The van der Waals surface area contributed by atoms with Crippen molar-refractivity contribution < 1.29 is 0 Å². The predicted octanol–water partition coefficient (Wildman–Crippen LogP) is 5.68. The van der Waals surface area contributed by atoms with E-state index in [2.05, 4.69) is 80.0 Å². The molecule has 0 saturated carbocycles. The van der Waals surface area contributed by atoms with Gasteiger partial charge < -0.3 is 4.57 Å². The first-order valence-corrected chi connectivity index (χ1v) is 9.57. The van der Waals surface area contributed by atoms with E-state index >= 15 is 0 Å². The van der Waals surface area contributed by atoms with E-state index in [1.54, 1.807) is 6.07 Å². The normalized spacial score (nSPS) is 19.7. The van der Waals surface area contributed by atoms with Crippen molar-refractivity contribution in [2.45, 2.75) is 33.2 Å². The summed E-state index contributed by atoms with van der Waals surface area (Å²) in [4.78, 5) is 12.9. The highest BCUT2D eigenvalue weighted by Gasteiger charge is 2.25. The van der Waals surface area contributed by atoms with Gasteiger partial charge in [0.15, 0.2) is 5.43 Å². The van der Waals surface area contributed by atoms with Crippen molar-refractivity contribution in [3.63, 3.8) is 0 Å². The zero-order valence-corrected chi connectivity index (χ0v) is 16.1. The number of allylic oxidation sites excluding steroid dienone is 4. The average molecular weight is 355 g/mol. The maximum atomic E-state index is 12.9. The first-order valence-electron chi connectivity index (χ1n) is 9.57. The Kier molecular flexibility index (Phi) is 4.57. The predicted molar refractivity (Wildman–Crippen MR) is 113 cm³/mol. The van der Waals surface area contributed by atoms with Crippen LogP contribution in [0.3, 0.4) is 0 Å². The van der Waals surface area contributed by atoms with Crippen LogP contribution in [0.4, 0.5) is 0 Å². The largest absolute Gasteiger partial charge is 0.343 e. The number of nitrogens with zero attached hydrogens (tertiary/aromatic N) is 1. The molecule has 1 aliphatic rings. The fourth-order valence-electron chi connectivity index (χ4n) is 4.51. The van der Waals surface area contributed by atoms with Gasteiger partial charge in [0.1, 0.15) is 0 Å². The minimum Gasteiger partial charge on any atom is -0.343 e. The van der Waals surface area contributed by atoms with Crippen molar-refractivity contribution in [1.82, 2.24) is 4.57 Å². The Morgan fingerprint density at radius 2 is 1.74 bits per heavy atom. The molecule has 0 aliphatic heterocycles. The topological polar surface area (TPSA) is 22.0 Å². The second-order valence-electron chi connectivity index (χ2n) is 7.67. The van der Waals surface area contributed by atoms with Crippen molar-refractivity contribution >= 4 is 10.9 Å². The standard InChI is InChI=1S/C25H25NO/c1-17-14-18(2)24(19(3)15-17)21-10-7-11-22-25(21)23(27)12-13-26(22)16-20-8-5-4-6-9-20/h4-15,18,24H,16H2,1-3H3. The lowest BCUT2D eigenvalue weighted by molar-refractivity contribution is 0.604. The summed E-state index contributed by atoms with van der Waals surface area (Å²) in [5.74, 6) is 0.625. The highest BCUT2D eigenvalue weighted by Crippen LogP contribution is 2.39. The zero-order valence-electron chi connectivity index (χ0n) is 16.1. The molecule has 1 aromatic heterocycles. The molecular formula is C25H25NO. The van der Waals surface area contributed by atoms with E-state index in [0.717, 1.165) is 23.0 Å². The summed E-state index contributed by atoms with van der Waals surface area (Å²) >= 11 is 0. The van der Waals surface area contributed by atoms with E-state index < -0.39 is 0 Å². The van der Waals surface area contributed by atoms with Gasteiger partial charge >= 0.3 is 0 Å². The van der Waals surface area contributed by atoms with E-state index in [0.29, 0.717) is 5.92 Å². The Hall–Kier alpha value is -2.87. The molecule has 0 amide bonds. The van der Waals surface area contributed by atoms with E-state index in [1.807, 2.05) is 12.3 Å². The quantitative estimate of drug-likeness (QED) is 0.593. The summed E-state index contributed by atoms with van der Waals surface area (Å²) in [5, 5.41) is 0.855. The second-order valence-corrected chi connectivity index (χ2v) is 7.67. The van der Waals surface area contributed by atoms with Gasteiger partial charge in [-0.15, -0.1) is 0 Å². The van der Waals surface area contributed by atoms with Gasteiger partial charge in [-0.2, -0.15) is 0 Å². The van der Waals surface area contributed by atoms with Gasteiger partial charge in [0, 0.05) is 30.1 Å². The van der Waals surface area contributed by atoms with Crippen LogP contribution in [0.25, 0.3) is 10.9 Å². The van der Waals surface area contributed by atoms with Gasteiger partial charge in [-0.25, -0.2) is 0 Å². The van der Waals surface area contributed by atoms with E-state index in [1.165, 1.54) is 16.7 Å². The van der Waals surface area contributed by atoms with Crippen molar-refractivity contribution in [2.24, 2.45) is 5.92 Å². The van der Waals surface area contributed by atoms with Crippen LogP contribution in [0, 0.1) is 5.92 Å². The molecule has 0 N–H and O–H groups in total. The molecule has 136 valence electrons. The Balaban J connectivity index is 1.88. The fraction of sp³-hybridized carbons (Fsp3) is 0.240. The number of hydrogen-bond acceptors (Lipinski definition) is 1. The molecule has 27 heavy (non-hydrogen) atoms. The number of pyridine rings is 1. The van der Waals surface area contributed by atoms with Crippen molar-refractivity contribution in [3.05, 3.63) is 105 Å². The van der Waals surface area contributed by atoms with Crippen LogP contribution < -0.4 is 5.43 Å². The highest BCUT2D eigenvalue weighted by atomic mass is 16.1. The van der Waals surface area contributed by atoms with Crippen LogP contribution in [0.15, 0.2) is 88.9 Å². The highest BCUT2D eigenvalue weighted by molar-refractivity contribution is 5.84. The van der Waals surface area contributed by atoms with Crippen molar-refractivity contribution in [1.29, 1.82) is 0 Å². The zero-order chi connectivity index (χ0) is 19.0. The molecule has 3 aromatic rings. The molecule has 4 rings (SSSR count). The Morgan fingerprint density at radius 1 is 0.963 bits per heavy atom. The SMILES string of the molecule is CC1=CC(C)C(c2cccc3c2c(=O)ccn3Cc2ccccc2)C(C)=C1. The van der Waals surface area contributed by atoms with Crippen molar-refractivity contribution in [2.75, 3.05) is 0 Å². The summed E-state index contributed by atoms with van der Waals surface area (Å²) in [5.41, 5.74) is 6.12. The molecule has 0 radical (unpaired) electrons. The molecular weight excluding hydrogens is 330 g/mol. The van der Waals surface area contributed by atoms with Crippen LogP contribution in [0.5, 0.6) is 0 Å². The van der Waals surface area contributed by atoms with Gasteiger partial charge in [0.25, 0.3) is 0 Å². The van der Waals surface area contributed by atoms with Crippen LogP contribution in [0.2, 0.25) is 0 Å². The molecule has 1 aliphatic carbocycles. The van der Waals surface area contributed by atoms with Crippen molar-refractivity contribution in [3.8, 4) is 0 Å². The minimum atomic E-state index is 0.108. The molecule has 0 fully saturated rings. The summed E-state index contributed by atoms with van der Waals surface area (Å²) in [6.45, 7) is 7.33. The van der Waals surface area contributed by atoms with Crippen LogP contribution in [0.1, 0.15) is 37.8 Å². The Morgan fingerprint density at radius 3 is 2.48 bits per heavy atom. The number of aromatic nitrogens is 1. The van der Waals surface area contributed by atoms with Gasteiger partial charge in [-0.1, -0.05) is 72.7 Å². The van der Waals surface area contributed by atoms with Gasteiger partial charge in [0.05, 0.1) is 5.52 Å². The summed E-state index contributed by atoms with van der Waals surface area (Å²) in [6, 6.07) is 18.4. The Labute approximate surface area is 160 Å². The number of hydrogen-bond donors (Lipinski definition) is 0. The summed E-state index contributed by atoms with van der Waals surface area (Å²) in [7, 11) is 0. The lowest BCUT2D eigenvalue weighted by atomic mass is 9.76. The minimum absolute atomic E-state index is 0.108. The van der Waals surface area contributed by atoms with E-state index in [-0.39, 0.29) is 11.3 Å². The van der Waals surface area contributed by atoms with Gasteiger partial charge in [-0.3, -0.25) is 4.79 Å². The molecule has 2 unspecified atom stereocenters. The molecule has 2 nitrogen and oxygen atoms in total. The van der Waals surface area contributed by atoms with Gasteiger partial charge in [-0.05, 0) is 37.0 Å².